The molecule has 0 unspecified atom stereocenters. The number of nitrogens with one attached hydrogen (secondary N) is 3. The molecule has 0 aromatic heterocycles. The first-order chi connectivity index (χ1) is 16.8. The number of urea groups is 2. The summed E-state index contributed by atoms with van der Waals surface area (Å²) in [4.78, 5) is 51.1. The van der Waals surface area contributed by atoms with Crippen molar-refractivity contribution in [3.63, 3.8) is 0 Å². The maximum Gasteiger partial charge on any atom is 0.325 e. The van der Waals surface area contributed by atoms with Gasteiger partial charge in [0.15, 0.2) is 23.0 Å². The fourth-order valence-corrected chi connectivity index (χ4v) is 3.96. The molecule has 3 aliphatic rings. The number of anilines is 1. The maximum atomic E-state index is 13.2. The zero-order valence-corrected chi connectivity index (χ0v) is 18.7. The van der Waals surface area contributed by atoms with Gasteiger partial charge in [0.25, 0.3) is 5.91 Å². The van der Waals surface area contributed by atoms with Crippen LogP contribution in [0.2, 0.25) is 0 Å². The van der Waals surface area contributed by atoms with Gasteiger partial charge in [-0.3, -0.25) is 19.8 Å². The van der Waals surface area contributed by atoms with Crippen LogP contribution in [0.15, 0.2) is 36.4 Å². The van der Waals surface area contributed by atoms with Crippen molar-refractivity contribution in [2.75, 3.05) is 31.9 Å². The van der Waals surface area contributed by atoms with Gasteiger partial charge >= 0.3 is 12.1 Å². The highest BCUT2D eigenvalue weighted by Gasteiger charge is 2.49. The minimum atomic E-state index is -1.42. The minimum absolute atomic E-state index is 0.0839. The van der Waals surface area contributed by atoms with Crippen molar-refractivity contribution in [2.45, 2.75) is 18.9 Å². The zero-order valence-electron chi connectivity index (χ0n) is 18.7. The summed E-state index contributed by atoms with van der Waals surface area (Å²) in [5.41, 5.74) is -0.573. The van der Waals surface area contributed by atoms with E-state index in [1.54, 1.807) is 36.4 Å². The third kappa shape index (κ3) is 4.25. The second-order valence-corrected chi connectivity index (χ2v) is 8.23. The van der Waals surface area contributed by atoms with Gasteiger partial charge in [-0.2, -0.15) is 0 Å². The van der Waals surface area contributed by atoms with E-state index < -0.39 is 36.0 Å². The lowest BCUT2D eigenvalue weighted by Gasteiger charge is -2.23. The average Bonchev–Trinajstić information content (AvgIpc) is 3.27. The number of carbonyl (C=O) groups excluding carboxylic acids is 4. The number of fused-ring (bicyclic) bond motifs is 2. The molecule has 12 heteroatoms. The van der Waals surface area contributed by atoms with Gasteiger partial charge in [0.2, 0.25) is 12.7 Å². The Hall–Kier alpha value is -4.48. The molecule has 2 aromatic rings. The van der Waals surface area contributed by atoms with Gasteiger partial charge in [0, 0.05) is 18.2 Å². The molecular formula is C23H22N4O8. The molecule has 3 aliphatic heterocycles. The molecule has 3 N–H and O–H groups in total. The van der Waals surface area contributed by atoms with E-state index in [4.69, 9.17) is 18.9 Å². The monoisotopic (exact) mass is 482 g/mol. The minimum Gasteiger partial charge on any atom is -0.490 e. The highest BCUT2D eigenvalue weighted by molar-refractivity contribution is 6.10. The van der Waals surface area contributed by atoms with Crippen molar-refractivity contribution in [3.05, 3.63) is 42.0 Å². The van der Waals surface area contributed by atoms with Crippen LogP contribution >= 0.6 is 0 Å². The number of hydrogen-bond acceptors (Lipinski definition) is 8. The molecule has 0 saturated carbocycles. The number of benzene rings is 2. The summed E-state index contributed by atoms with van der Waals surface area (Å²) in [5.74, 6) is 0.554. The SMILES string of the molecule is C[C@@]1(c2ccc3c(c2)OCCCO3)NC(=O)N(CC(=O)NC(=O)Nc2ccc3c(c2)OCO3)C1=O. The summed E-state index contributed by atoms with van der Waals surface area (Å²) in [5, 5.41) is 7.22. The van der Waals surface area contributed by atoms with Crippen LogP contribution in [0.1, 0.15) is 18.9 Å². The van der Waals surface area contributed by atoms with Crippen LogP contribution in [-0.4, -0.2) is 55.3 Å². The van der Waals surface area contributed by atoms with Gasteiger partial charge in [-0.05, 0) is 36.8 Å². The van der Waals surface area contributed by atoms with Crippen LogP contribution in [0.25, 0.3) is 0 Å². The molecule has 1 atom stereocenters. The van der Waals surface area contributed by atoms with E-state index in [9.17, 15) is 19.2 Å². The second-order valence-electron chi connectivity index (χ2n) is 8.23. The van der Waals surface area contributed by atoms with Crippen LogP contribution in [0.3, 0.4) is 0 Å². The number of carbonyl (C=O) groups is 4. The van der Waals surface area contributed by atoms with Gasteiger partial charge in [0.1, 0.15) is 12.1 Å². The Morgan fingerprint density at radius 1 is 0.971 bits per heavy atom. The Bertz CT molecular complexity index is 1230. The van der Waals surface area contributed by atoms with E-state index in [2.05, 4.69) is 16.0 Å². The highest BCUT2D eigenvalue weighted by Crippen LogP contribution is 2.37. The van der Waals surface area contributed by atoms with Crippen LogP contribution < -0.4 is 34.9 Å². The number of amides is 6. The summed E-state index contributed by atoms with van der Waals surface area (Å²) in [7, 11) is 0. The molecule has 35 heavy (non-hydrogen) atoms. The zero-order chi connectivity index (χ0) is 24.6. The molecule has 12 nitrogen and oxygen atoms in total. The van der Waals surface area contributed by atoms with Gasteiger partial charge in [-0.1, -0.05) is 6.07 Å². The summed E-state index contributed by atoms with van der Waals surface area (Å²) >= 11 is 0. The molecule has 0 bridgehead atoms. The number of hydrogen-bond donors (Lipinski definition) is 3. The van der Waals surface area contributed by atoms with Crippen molar-refractivity contribution in [2.24, 2.45) is 0 Å². The second kappa shape index (κ2) is 8.70. The van der Waals surface area contributed by atoms with Crippen LogP contribution in [-0.2, 0) is 15.1 Å². The molecule has 1 saturated heterocycles. The summed E-state index contributed by atoms with van der Waals surface area (Å²) in [6.45, 7) is 1.97. The summed E-state index contributed by atoms with van der Waals surface area (Å²) in [6, 6.07) is 8.14. The van der Waals surface area contributed by atoms with Gasteiger partial charge in [0.05, 0.1) is 13.2 Å². The molecule has 1 fully saturated rings. The predicted molar refractivity (Wildman–Crippen MR) is 119 cm³/mol. The molecule has 0 radical (unpaired) electrons. The lowest BCUT2D eigenvalue weighted by atomic mass is 9.91. The van der Waals surface area contributed by atoms with E-state index in [1.807, 2.05) is 0 Å². The van der Waals surface area contributed by atoms with E-state index in [-0.39, 0.29) is 6.79 Å². The lowest BCUT2D eigenvalue weighted by Crippen LogP contribution is -2.45. The quantitative estimate of drug-likeness (QED) is 0.559. The molecule has 182 valence electrons. The summed E-state index contributed by atoms with van der Waals surface area (Å²) < 4.78 is 21.7. The fourth-order valence-electron chi connectivity index (χ4n) is 3.96. The Morgan fingerprint density at radius 3 is 2.49 bits per heavy atom. The first kappa shape index (κ1) is 22.3. The van der Waals surface area contributed by atoms with E-state index in [0.717, 1.165) is 11.3 Å². The molecular weight excluding hydrogens is 460 g/mol. The van der Waals surface area contributed by atoms with Crippen LogP contribution in [0, 0.1) is 0 Å². The molecule has 5 rings (SSSR count). The van der Waals surface area contributed by atoms with Crippen molar-refractivity contribution >= 4 is 29.6 Å². The van der Waals surface area contributed by atoms with E-state index in [0.29, 0.717) is 47.5 Å². The van der Waals surface area contributed by atoms with E-state index >= 15 is 0 Å². The van der Waals surface area contributed by atoms with Crippen molar-refractivity contribution in [1.82, 2.24) is 15.5 Å². The molecule has 3 heterocycles. The topological polar surface area (TPSA) is 145 Å². The number of ether oxygens (including phenoxy) is 4. The molecule has 6 amide bonds. The van der Waals surface area contributed by atoms with Gasteiger partial charge < -0.3 is 29.6 Å². The maximum absolute atomic E-state index is 13.2. The smallest absolute Gasteiger partial charge is 0.325 e. The summed E-state index contributed by atoms with van der Waals surface area (Å²) in [6.07, 6.45) is 0.724. The van der Waals surface area contributed by atoms with Gasteiger partial charge in [-0.25, -0.2) is 9.59 Å². The largest absolute Gasteiger partial charge is 0.490 e. The Morgan fingerprint density at radius 2 is 1.66 bits per heavy atom. The fraction of sp³-hybridized carbons (Fsp3) is 0.304. The average molecular weight is 482 g/mol. The van der Waals surface area contributed by atoms with Crippen LogP contribution in [0.4, 0.5) is 15.3 Å². The number of rotatable bonds is 4. The van der Waals surface area contributed by atoms with Crippen LogP contribution in [0.5, 0.6) is 23.0 Å². The van der Waals surface area contributed by atoms with Gasteiger partial charge in [-0.15, -0.1) is 0 Å². The number of imide groups is 2. The van der Waals surface area contributed by atoms with Crippen molar-refractivity contribution in [1.29, 1.82) is 0 Å². The predicted octanol–water partition coefficient (Wildman–Crippen LogP) is 1.69. The standard InChI is InChI=1S/C23H22N4O8/c1-23(13-3-5-15-17(9-13)33-8-2-7-32-15)20(29)27(22(31)26-23)11-19(28)25-21(30)24-14-4-6-16-18(10-14)35-12-34-16/h3-6,9-10H,2,7-8,11-12H2,1H3,(H,26,31)(H2,24,25,28,30)/t23-/m0/s1. The van der Waals surface area contributed by atoms with Crippen molar-refractivity contribution in [3.8, 4) is 23.0 Å². The number of nitrogens with zero attached hydrogens (tertiary/aromatic N) is 1. The Balaban J connectivity index is 1.23. The Kier molecular flexibility index (Phi) is 5.55. The highest BCUT2D eigenvalue weighted by atomic mass is 16.7. The molecule has 2 aromatic carbocycles. The third-order valence-electron chi connectivity index (χ3n) is 5.78. The molecule has 0 spiro atoms. The van der Waals surface area contributed by atoms with E-state index in [1.165, 1.54) is 6.92 Å². The first-order valence-corrected chi connectivity index (χ1v) is 10.9. The lowest BCUT2D eigenvalue weighted by molar-refractivity contribution is -0.134. The normalized spacial score (nSPS) is 20.2. The Labute approximate surface area is 199 Å². The molecule has 0 aliphatic carbocycles. The third-order valence-corrected chi connectivity index (χ3v) is 5.78. The van der Waals surface area contributed by atoms with Crippen molar-refractivity contribution < 1.29 is 38.1 Å². The first-order valence-electron chi connectivity index (χ1n) is 10.9.